The van der Waals surface area contributed by atoms with Gasteiger partial charge in [0.25, 0.3) is 0 Å². The van der Waals surface area contributed by atoms with Crippen LogP contribution in [0.3, 0.4) is 0 Å². The van der Waals surface area contributed by atoms with Gasteiger partial charge in [-0.25, -0.2) is 0 Å². The minimum absolute atomic E-state index is 0.575. The molecule has 1 unspecified atom stereocenters. The van der Waals surface area contributed by atoms with Crippen LogP contribution in [0.15, 0.2) is 4.99 Å². The summed E-state index contributed by atoms with van der Waals surface area (Å²) in [5.74, 6) is 1.54. The van der Waals surface area contributed by atoms with Gasteiger partial charge in [-0.3, -0.25) is 4.99 Å². The van der Waals surface area contributed by atoms with Crippen molar-refractivity contribution in [3.63, 3.8) is 0 Å². The van der Waals surface area contributed by atoms with Crippen LogP contribution in [-0.2, 0) is 16.3 Å². The molecule has 0 saturated carbocycles. The second kappa shape index (κ2) is 9.46. The zero-order valence-electron chi connectivity index (χ0n) is 10.6. The zero-order valence-corrected chi connectivity index (χ0v) is 13.1. The molecule has 16 heavy (non-hydrogen) atoms. The molecule has 0 bridgehead atoms. The van der Waals surface area contributed by atoms with Crippen molar-refractivity contribution in [2.45, 2.75) is 34.1 Å². The molecule has 0 saturated heterocycles. The number of aliphatic imine (C=N–C) groups is 1. The van der Waals surface area contributed by atoms with Crippen LogP contribution in [0.1, 0.15) is 34.1 Å². The van der Waals surface area contributed by atoms with E-state index in [2.05, 4.69) is 37.8 Å². The molecule has 0 aromatic rings. The summed E-state index contributed by atoms with van der Waals surface area (Å²) in [7, 11) is 0. The van der Waals surface area contributed by atoms with E-state index in [1.807, 2.05) is 0 Å². The van der Waals surface area contributed by atoms with Crippen molar-refractivity contribution in [2.24, 2.45) is 10.9 Å². The Morgan fingerprint density at radius 3 is 2.69 bits per heavy atom. The maximum Gasteiger partial charge on any atom is 0.211 e. The van der Waals surface area contributed by atoms with Crippen LogP contribution in [0.4, 0.5) is 0 Å². The highest BCUT2D eigenvalue weighted by molar-refractivity contribution is 8.68. The highest BCUT2D eigenvalue weighted by atomic mass is 32.9. The highest BCUT2D eigenvalue weighted by Gasteiger charge is 2.15. The molecule has 1 N–H and O–H groups in total. The summed E-state index contributed by atoms with van der Waals surface area (Å²) in [5.41, 5.74) is -1.95. The Kier molecular flexibility index (Phi) is 9.71. The Hall–Kier alpha value is 0.430. The van der Waals surface area contributed by atoms with E-state index in [1.165, 1.54) is 0 Å². The lowest BCUT2D eigenvalue weighted by atomic mass is 10.2. The van der Waals surface area contributed by atoms with E-state index in [0.717, 1.165) is 25.3 Å². The normalized spacial score (nSPS) is 15.6. The summed E-state index contributed by atoms with van der Waals surface area (Å²) in [6, 6.07) is 0. The first kappa shape index (κ1) is 16.4. The predicted octanol–water partition coefficient (Wildman–Crippen LogP) is 3.66. The van der Waals surface area contributed by atoms with Gasteiger partial charge in [0.2, 0.25) is 5.62 Å². The summed E-state index contributed by atoms with van der Waals surface area (Å²) >= 11 is 7.17. The molecule has 0 rings (SSSR count). The number of nitrogens with zero attached hydrogens (tertiary/aromatic N) is 1. The van der Waals surface area contributed by atoms with E-state index in [9.17, 15) is 0 Å². The lowest BCUT2D eigenvalue weighted by molar-refractivity contribution is 0.356. The van der Waals surface area contributed by atoms with Crippen LogP contribution in [0, 0.1) is 5.92 Å². The summed E-state index contributed by atoms with van der Waals surface area (Å²) in [6.45, 7) is 10.0. The van der Waals surface area contributed by atoms with E-state index in [4.69, 9.17) is 16.3 Å². The molecule has 0 aliphatic heterocycles. The quantitative estimate of drug-likeness (QED) is 0.397. The van der Waals surface area contributed by atoms with Gasteiger partial charge in [0.1, 0.15) is 0 Å². The molecule has 0 aromatic heterocycles. The van der Waals surface area contributed by atoms with Gasteiger partial charge in [-0.05, 0) is 29.9 Å². The zero-order chi connectivity index (χ0) is 12.4. The van der Waals surface area contributed by atoms with Gasteiger partial charge in [-0.15, -0.1) is 0 Å². The van der Waals surface area contributed by atoms with Gasteiger partial charge in [0, 0.05) is 6.54 Å². The molecule has 3 nitrogen and oxygen atoms in total. The molecular formula is C10H23N2OPS2. The highest BCUT2D eigenvalue weighted by Crippen LogP contribution is 2.55. The molecule has 96 valence electrons. The third-order valence-electron chi connectivity index (χ3n) is 1.54. The van der Waals surface area contributed by atoms with E-state index in [-0.39, 0.29) is 0 Å². The number of hydrogen-bond acceptors (Lipinski definition) is 4. The number of nitrogens with one attached hydrogen (secondary N) is 1. The lowest BCUT2D eigenvalue weighted by Gasteiger charge is -2.20. The first-order valence-electron chi connectivity index (χ1n) is 5.69. The molecule has 0 spiro atoms. The maximum atomic E-state index is 5.71. The van der Waals surface area contributed by atoms with Gasteiger partial charge in [-0.1, -0.05) is 39.1 Å². The minimum Gasteiger partial charge on any atom is -0.326 e. The monoisotopic (exact) mass is 282 g/mol. The minimum atomic E-state index is -1.95. The predicted molar refractivity (Wildman–Crippen MR) is 80.0 cm³/mol. The van der Waals surface area contributed by atoms with Crippen molar-refractivity contribution in [3.05, 3.63) is 0 Å². The number of rotatable bonds is 9. The van der Waals surface area contributed by atoms with Crippen LogP contribution < -0.4 is 5.09 Å². The van der Waals surface area contributed by atoms with Crippen molar-refractivity contribution in [2.75, 3.05) is 18.9 Å². The average Bonchev–Trinajstić information content (AvgIpc) is 2.22. The van der Waals surface area contributed by atoms with Crippen molar-refractivity contribution in [3.8, 4) is 0 Å². The van der Waals surface area contributed by atoms with E-state index in [1.54, 1.807) is 17.7 Å². The van der Waals surface area contributed by atoms with Crippen LogP contribution in [-0.4, -0.2) is 25.2 Å². The van der Waals surface area contributed by atoms with Gasteiger partial charge >= 0.3 is 0 Å². The van der Waals surface area contributed by atoms with Crippen LogP contribution >= 0.6 is 17.0 Å². The fourth-order valence-electron chi connectivity index (χ4n) is 0.868. The topological polar surface area (TPSA) is 33.6 Å². The summed E-state index contributed by atoms with van der Waals surface area (Å²) in [6.07, 6.45) is 2.71. The molecule has 0 amide bonds. The Labute approximate surface area is 109 Å². The average molecular weight is 282 g/mol. The fraction of sp³-hybridized carbons (Fsp3) is 0.900. The van der Waals surface area contributed by atoms with Crippen molar-refractivity contribution in [1.82, 2.24) is 5.09 Å². The second-order valence-electron chi connectivity index (χ2n) is 3.77. The van der Waals surface area contributed by atoms with Crippen molar-refractivity contribution in [1.29, 1.82) is 0 Å². The van der Waals surface area contributed by atoms with Gasteiger partial charge < -0.3 is 9.61 Å². The largest absolute Gasteiger partial charge is 0.326 e. The van der Waals surface area contributed by atoms with E-state index in [0.29, 0.717) is 5.92 Å². The Morgan fingerprint density at radius 2 is 2.19 bits per heavy atom. The molecule has 0 fully saturated rings. The van der Waals surface area contributed by atoms with Crippen LogP contribution in [0.25, 0.3) is 0 Å². The third-order valence-corrected chi connectivity index (χ3v) is 7.10. The van der Waals surface area contributed by atoms with Crippen LogP contribution in [0.2, 0.25) is 0 Å². The molecule has 1 atom stereocenters. The summed E-state index contributed by atoms with van der Waals surface area (Å²) in [5, 5.41) is 3.16. The Bertz CT molecular complexity index is 247. The third kappa shape index (κ3) is 8.57. The molecule has 6 heteroatoms. The fourth-order valence-corrected chi connectivity index (χ4v) is 5.22. The first-order valence-corrected chi connectivity index (χ1v) is 10.00. The van der Waals surface area contributed by atoms with Gasteiger partial charge in [0.05, 0.1) is 12.9 Å². The summed E-state index contributed by atoms with van der Waals surface area (Å²) < 4.78 is 5.71. The first-order chi connectivity index (χ1) is 7.54. The SMILES string of the molecule is CCCOP(=S)(NC=NCC(C)C)SCC. The lowest BCUT2D eigenvalue weighted by Crippen LogP contribution is -2.09. The van der Waals surface area contributed by atoms with Crippen LogP contribution in [0.5, 0.6) is 0 Å². The molecule has 0 heterocycles. The second-order valence-corrected chi connectivity index (χ2v) is 10.7. The van der Waals surface area contributed by atoms with Crippen molar-refractivity contribution < 1.29 is 4.52 Å². The number of hydrogen-bond donors (Lipinski definition) is 1. The standard InChI is InChI=1S/C10H23N2OPS2/c1-5-7-13-14(15,16-6-2)12-9-11-8-10(3)4/h9-10H,5-8H2,1-4H3,(H,11,12,15). The van der Waals surface area contributed by atoms with E-state index < -0.39 is 5.62 Å². The van der Waals surface area contributed by atoms with E-state index >= 15 is 0 Å². The molecular weight excluding hydrogens is 259 g/mol. The Morgan fingerprint density at radius 1 is 1.50 bits per heavy atom. The van der Waals surface area contributed by atoms with Gasteiger partial charge in [0.15, 0.2) is 0 Å². The smallest absolute Gasteiger partial charge is 0.211 e. The van der Waals surface area contributed by atoms with Gasteiger partial charge in [-0.2, -0.15) is 0 Å². The molecule has 0 aromatic carbocycles. The molecule has 0 radical (unpaired) electrons. The van der Waals surface area contributed by atoms with Crippen molar-refractivity contribution >= 4 is 35.1 Å². The molecule has 0 aliphatic rings. The molecule has 0 aliphatic carbocycles. The summed E-state index contributed by atoms with van der Waals surface area (Å²) in [4.78, 5) is 4.28. The Balaban J connectivity index is 4.10. The maximum absolute atomic E-state index is 5.71.